The van der Waals surface area contributed by atoms with Crippen molar-refractivity contribution in [2.24, 2.45) is 0 Å². The summed E-state index contributed by atoms with van der Waals surface area (Å²) in [6.07, 6.45) is 19.9. The molecule has 0 amide bonds. The molecule has 0 aromatic heterocycles. The first-order valence-corrected chi connectivity index (χ1v) is 11.4. The molecule has 150 valence electrons. The van der Waals surface area contributed by atoms with Crippen molar-refractivity contribution in [1.82, 2.24) is 5.32 Å². The van der Waals surface area contributed by atoms with Crippen molar-refractivity contribution in [1.29, 1.82) is 0 Å². The van der Waals surface area contributed by atoms with Gasteiger partial charge < -0.3 is 5.32 Å². The van der Waals surface area contributed by atoms with Crippen molar-refractivity contribution >= 4 is 0 Å². The van der Waals surface area contributed by atoms with Crippen molar-refractivity contribution in [3.63, 3.8) is 0 Å². The van der Waals surface area contributed by atoms with E-state index in [0.717, 1.165) is 6.54 Å². The molecule has 1 nitrogen and oxygen atoms in total. The SMILES string of the molecule is CCCCCCCCCCCCCCCC(C)(C)NCc1ccccc1. The van der Waals surface area contributed by atoms with Crippen LogP contribution in [0.2, 0.25) is 0 Å². The lowest BCUT2D eigenvalue weighted by Crippen LogP contribution is -2.38. The van der Waals surface area contributed by atoms with Crippen LogP contribution in [-0.2, 0) is 6.54 Å². The van der Waals surface area contributed by atoms with Gasteiger partial charge in [0.15, 0.2) is 0 Å². The summed E-state index contributed by atoms with van der Waals surface area (Å²) < 4.78 is 0. The van der Waals surface area contributed by atoms with Gasteiger partial charge in [0.25, 0.3) is 0 Å². The molecule has 1 N–H and O–H groups in total. The van der Waals surface area contributed by atoms with E-state index in [1.54, 1.807) is 0 Å². The molecule has 0 aliphatic carbocycles. The summed E-state index contributed by atoms with van der Waals surface area (Å²) in [5, 5.41) is 3.72. The fourth-order valence-electron chi connectivity index (χ4n) is 3.61. The molecule has 0 radical (unpaired) electrons. The minimum absolute atomic E-state index is 0.244. The molecule has 1 aromatic rings. The lowest BCUT2D eigenvalue weighted by atomic mass is 9.95. The fraction of sp³-hybridized carbons (Fsp3) is 0.760. The molecule has 0 saturated carbocycles. The number of benzene rings is 1. The van der Waals surface area contributed by atoms with Crippen LogP contribution in [0.4, 0.5) is 0 Å². The largest absolute Gasteiger partial charge is 0.308 e. The average Bonchev–Trinajstić information content (AvgIpc) is 2.65. The Morgan fingerprint density at radius 2 is 1.12 bits per heavy atom. The number of hydrogen-bond donors (Lipinski definition) is 1. The van der Waals surface area contributed by atoms with Crippen LogP contribution in [0.1, 0.15) is 116 Å². The lowest BCUT2D eigenvalue weighted by Gasteiger charge is -2.26. The molecule has 0 aliphatic rings. The maximum Gasteiger partial charge on any atom is 0.0210 e. The van der Waals surface area contributed by atoms with Gasteiger partial charge in [0.1, 0.15) is 0 Å². The van der Waals surface area contributed by atoms with Crippen molar-refractivity contribution in [2.75, 3.05) is 0 Å². The second kappa shape index (κ2) is 15.3. The topological polar surface area (TPSA) is 12.0 Å². The summed E-state index contributed by atoms with van der Waals surface area (Å²) in [7, 11) is 0. The summed E-state index contributed by atoms with van der Waals surface area (Å²) in [4.78, 5) is 0. The molecule has 0 saturated heterocycles. The summed E-state index contributed by atoms with van der Waals surface area (Å²) in [5.74, 6) is 0. The highest BCUT2D eigenvalue weighted by molar-refractivity contribution is 5.14. The predicted octanol–water partition coefficient (Wildman–Crippen LogP) is 8.04. The van der Waals surface area contributed by atoms with Gasteiger partial charge in [0.05, 0.1) is 0 Å². The van der Waals surface area contributed by atoms with Crippen LogP contribution in [0.3, 0.4) is 0 Å². The van der Waals surface area contributed by atoms with Gasteiger partial charge in [-0.3, -0.25) is 0 Å². The molecule has 0 aliphatic heterocycles. The number of hydrogen-bond acceptors (Lipinski definition) is 1. The van der Waals surface area contributed by atoms with E-state index < -0.39 is 0 Å². The van der Waals surface area contributed by atoms with Gasteiger partial charge >= 0.3 is 0 Å². The first-order valence-electron chi connectivity index (χ1n) is 11.4. The third kappa shape index (κ3) is 13.4. The van der Waals surface area contributed by atoms with Crippen LogP contribution in [-0.4, -0.2) is 5.54 Å². The molecule has 0 atom stereocenters. The second-order valence-corrected chi connectivity index (χ2v) is 8.72. The first kappa shape index (κ1) is 23.2. The molecule has 1 heteroatoms. The number of rotatable bonds is 17. The molecule has 26 heavy (non-hydrogen) atoms. The predicted molar refractivity (Wildman–Crippen MR) is 118 cm³/mol. The molecular formula is C25H45N. The van der Waals surface area contributed by atoms with E-state index in [1.807, 2.05) is 0 Å². The zero-order chi connectivity index (χ0) is 18.9. The van der Waals surface area contributed by atoms with E-state index in [2.05, 4.69) is 56.4 Å². The van der Waals surface area contributed by atoms with Gasteiger partial charge in [-0.1, -0.05) is 121 Å². The zero-order valence-electron chi connectivity index (χ0n) is 18.0. The van der Waals surface area contributed by atoms with Crippen LogP contribution in [0, 0.1) is 0 Å². The Balaban J connectivity index is 1.88. The Morgan fingerprint density at radius 3 is 1.62 bits per heavy atom. The lowest BCUT2D eigenvalue weighted by molar-refractivity contribution is 0.344. The highest BCUT2D eigenvalue weighted by atomic mass is 14.9. The zero-order valence-corrected chi connectivity index (χ0v) is 18.0. The van der Waals surface area contributed by atoms with Crippen molar-refractivity contribution in [3.05, 3.63) is 35.9 Å². The molecular weight excluding hydrogens is 314 g/mol. The van der Waals surface area contributed by atoms with Crippen molar-refractivity contribution in [3.8, 4) is 0 Å². The highest BCUT2D eigenvalue weighted by Crippen LogP contribution is 2.17. The van der Waals surface area contributed by atoms with E-state index >= 15 is 0 Å². The van der Waals surface area contributed by atoms with Gasteiger partial charge in [0, 0.05) is 12.1 Å². The maximum atomic E-state index is 3.72. The van der Waals surface area contributed by atoms with Crippen LogP contribution in [0.15, 0.2) is 30.3 Å². The van der Waals surface area contributed by atoms with Crippen LogP contribution < -0.4 is 5.32 Å². The van der Waals surface area contributed by atoms with Crippen molar-refractivity contribution < 1.29 is 0 Å². The van der Waals surface area contributed by atoms with E-state index in [0.29, 0.717) is 0 Å². The standard InChI is InChI=1S/C25H45N/c1-4-5-6-7-8-9-10-11-12-13-14-15-19-22-25(2,3)26-23-24-20-17-16-18-21-24/h16-18,20-21,26H,4-15,19,22-23H2,1-3H3. The maximum absolute atomic E-state index is 3.72. The molecule has 1 rings (SSSR count). The third-order valence-electron chi connectivity index (χ3n) is 5.52. The first-order chi connectivity index (χ1) is 12.6. The number of nitrogens with one attached hydrogen (secondary N) is 1. The van der Waals surface area contributed by atoms with Gasteiger partial charge in [0.2, 0.25) is 0 Å². The second-order valence-electron chi connectivity index (χ2n) is 8.72. The molecule has 0 fully saturated rings. The summed E-state index contributed by atoms with van der Waals surface area (Å²) in [6, 6.07) is 10.7. The van der Waals surface area contributed by atoms with Crippen LogP contribution >= 0.6 is 0 Å². The summed E-state index contributed by atoms with van der Waals surface area (Å²) >= 11 is 0. The Bertz CT molecular complexity index is 409. The fourth-order valence-corrected chi connectivity index (χ4v) is 3.61. The van der Waals surface area contributed by atoms with Gasteiger partial charge in [-0.05, 0) is 25.8 Å². The van der Waals surface area contributed by atoms with Crippen LogP contribution in [0.25, 0.3) is 0 Å². The monoisotopic (exact) mass is 359 g/mol. The van der Waals surface area contributed by atoms with Gasteiger partial charge in [-0.2, -0.15) is 0 Å². The van der Waals surface area contributed by atoms with E-state index in [-0.39, 0.29) is 5.54 Å². The van der Waals surface area contributed by atoms with Gasteiger partial charge in [-0.25, -0.2) is 0 Å². The highest BCUT2D eigenvalue weighted by Gasteiger charge is 2.15. The average molecular weight is 360 g/mol. The van der Waals surface area contributed by atoms with Crippen LogP contribution in [0.5, 0.6) is 0 Å². The Hall–Kier alpha value is -0.820. The summed E-state index contributed by atoms with van der Waals surface area (Å²) in [5.41, 5.74) is 1.62. The number of unbranched alkanes of at least 4 members (excludes halogenated alkanes) is 12. The van der Waals surface area contributed by atoms with E-state index in [4.69, 9.17) is 0 Å². The van der Waals surface area contributed by atoms with E-state index in [9.17, 15) is 0 Å². The molecule has 1 aromatic carbocycles. The molecule has 0 unspecified atom stereocenters. The quantitative estimate of drug-likeness (QED) is 0.277. The van der Waals surface area contributed by atoms with E-state index in [1.165, 1.54) is 95.5 Å². The minimum Gasteiger partial charge on any atom is -0.308 e. The Kier molecular flexibility index (Phi) is 13.6. The van der Waals surface area contributed by atoms with Gasteiger partial charge in [-0.15, -0.1) is 0 Å². The molecule has 0 bridgehead atoms. The molecule has 0 spiro atoms. The molecule has 0 heterocycles. The normalized spacial score (nSPS) is 11.8. The smallest absolute Gasteiger partial charge is 0.0210 e. The Morgan fingerprint density at radius 1 is 0.654 bits per heavy atom. The third-order valence-corrected chi connectivity index (χ3v) is 5.52. The summed E-state index contributed by atoms with van der Waals surface area (Å²) in [6.45, 7) is 7.96. The minimum atomic E-state index is 0.244. The van der Waals surface area contributed by atoms with Crippen molar-refractivity contribution in [2.45, 2.75) is 123 Å². The Labute approximate surface area is 164 Å².